The third kappa shape index (κ3) is 7.05. The van der Waals surface area contributed by atoms with Crippen molar-refractivity contribution in [1.29, 1.82) is 0 Å². The first-order valence-electron chi connectivity index (χ1n) is 7.64. The lowest BCUT2D eigenvalue weighted by Gasteiger charge is -2.35. The van der Waals surface area contributed by atoms with Gasteiger partial charge in [0, 0.05) is 12.1 Å². The van der Waals surface area contributed by atoms with E-state index in [-0.39, 0.29) is 0 Å². The second-order valence-corrected chi connectivity index (χ2v) is 5.16. The highest BCUT2D eigenvalue weighted by atomic mass is 15.2. The molecular weight excluding hydrogens is 208 g/mol. The molecule has 0 bridgehead atoms. The predicted octanol–water partition coefficient (Wildman–Crippen LogP) is 3.67. The summed E-state index contributed by atoms with van der Waals surface area (Å²) in [4.78, 5) is 2.56. The van der Waals surface area contributed by atoms with E-state index < -0.39 is 0 Å². The van der Waals surface area contributed by atoms with Gasteiger partial charge in [0.05, 0.1) is 0 Å². The summed E-state index contributed by atoms with van der Waals surface area (Å²) < 4.78 is 0. The molecule has 2 nitrogen and oxygen atoms in total. The highest BCUT2D eigenvalue weighted by molar-refractivity contribution is 4.82. The lowest BCUT2D eigenvalue weighted by Crippen LogP contribution is -2.48. The molecule has 0 aliphatic carbocycles. The maximum Gasteiger partial charge on any atom is 0.0243 e. The first-order valence-corrected chi connectivity index (χ1v) is 7.64. The fraction of sp³-hybridized carbons (Fsp3) is 1.00. The maximum absolute atomic E-state index is 3.74. The smallest absolute Gasteiger partial charge is 0.0243 e. The van der Waals surface area contributed by atoms with Crippen molar-refractivity contribution >= 4 is 0 Å². The van der Waals surface area contributed by atoms with Gasteiger partial charge >= 0.3 is 0 Å². The van der Waals surface area contributed by atoms with E-state index in [2.05, 4.69) is 45.0 Å². The molecule has 0 rings (SSSR count). The normalized spacial score (nSPS) is 15.2. The number of nitrogens with one attached hydrogen (secondary N) is 1. The van der Waals surface area contributed by atoms with Gasteiger partial charge in [0.1, 0.15) is 0 Å². The molecule has 0 saturated carbocycles. The third-order valence-corrected chi connectivity index (χ3v) is 3.57. The number of likely N-dealkylation sites (N-methyl/N-ethyl adjacent to an activating group) is 1. The molecule has 0 aromatic rings. The molecule has 0 aliphatic heterocycles. The molecule has 0 aromatic carbocycles. The topological polar surface area (TPSA) is 15.3 Å². The Morgan fingerprint density at radius 2 is 1.71 bits per heavy atom. The standard InChI is InChI=1S/C15H34N2/c1-6-10-13-17(5)15(9-4)14(11-7-2)16-12-8-3/h14-16H,6-13H2,1-5H3. The van der Waals surface area contributed by atoms with Gasteiger partial charge in [-0.25, -0.2) is 0 Å². The predicted molar refractivity (Wildman–Crippen MR) is 78.6 cm³/mol. The summed E-state index contributed by atoms with van der Waals surface area (Å²) in [6.45, 7) is 11.5. The Kier molecular flexibility index (Phi) is 11.0. The van der Waals surface area contributed by atoms with Crippen LogP contribution in [-0.2, 0) is 0 Å². The molecule has 0 aromatic heterocycles. The first-order chi connectivity index (χ1) is 8.21. The highest BCUT2D eigenvalue weighted by Gasteiger charge is 2.21. The molecule has 0 radical (unpaired) electrons. The number of rotatable bonds is 11. The lowest BCUT2D eigenvalue weighted by atomic mass is 9.99. The van der Waals surface area contributed by atoms with Crippen LogP contribution in [0, 0.1) is 0 Å². The average molecular weight is 242 g/mol. The molecule has 17 heavy (non-hydrogen) atoms. The molecule has 2 atom stereocenters. The van der Waals surface area contributed by atoms with Crippen molar-refractivity contribution in [1.82, 2.24) is 10.2 Å². The molecule has 0 heterocycles. The monoisotopic (exact) mass is 242 g/mol. The second kappa shape index (κ2) is 11.0. The molecule has 0 fully saturated rings. The van der Waals surface area contributed by atoms with E-state index in [0.29, 0.717) is 12.1 Å². The van der Waals surface area contributed by atoms with Crippen LogP contribution in [0.15, 0.2) is 0 Å². The summed E-state index contributed by atoms with van der Waals surface area (Å²) in [5, 5.41) is 3.74. The minimum absolute atomic E-state index is 0.673. The van der Waals surface area contributed by atoms with Crippen LogP contribution in [0.5, 0.6) is 0 Å². The van der Waals surface area contributed by atoms with Gasteiger partial charge in [-0.3, -0.25) is 0 Å². The van der Waals surface area contributed by atoms with Crippen LogP contribution in [0.3, 0.4) is 0 Å². The first kappa shape index (κ1) is 16.9. The number of hydrogen-bond acceptors (Lipinski definition) is 2. The van der Waals surface area contributed by atoms with E-state index in [1.807, 2.05) is 0 Å². The Bertz CT molecular complexity index is 159. The second-order valence-electron chi connectivity index (χ2n) is 5.16. The average Bonchev–Trinajstić information content (AvgIpc) is 2.34. The Labute approximate surface area is 109 Å². The molecule has 1 N–H and O–H groups in total. The van der Waals surface area contributed by atoms with Gasteiger partial charge in [-0.15, -0.1) is 0 Å². The molecule has 0 aliphatic rings. The van der Waals surface area contributed by atoms with Crippen molar-refractivity contribution in [3.63, 3.8) is 0 Å². The van der Waals surface area contributed by atoms with Crippen molar-refractivity contribution in [3.05, 3.63) is 0 Å². The van der Waals surface area contributed by atoms with Crippen LogP contribution in [0.25, 0.3) is 0 Å². The molecular formula is C15H34N2. The van der Waals surface area contributed by atoms with Crippen LogP contribution in [-0.4, -0.2) is 37.1 Å². The van der Waals surface area contributed by atoms with Gasteiger partial charge in [-0.2, -0.15) is 0 Å². The van der Waals surface area contributed by atoms with E-state index in [9.17, 15) is 0 Å². The molecule has 104 valence electrons. The Morgan fingerprint density at radius 3 is 2.18 bits per heavy atom. The summed E-state index contributed by atoms with van der Waals surface area (Å²) in [5.41, 5.74) is 0. The summed E-state index contributed by atoms with van der Waals surface area (Å²) in [5.74, 6) is 0. The molecule has 2 heteroatoms. The van der Waals surface area contributed by atoms with Gasteiger partial charge in [0.15, 0.2) is 0 Å². The van der Waals surface area contributed by atoms with E-state index in [4.69, 9.17) is 0 Å². The van der Waals surface area contributed by atoms with Crippen molar-refractivity contribution < 1.29 is 0 Å². The SMILES string of the molecule is CCCCN(C)C(CC)C(CCC)NCCC. The molecule has 0 spiro atoms. The van der Waals surface area contributed by atoms with Crippen LogP contribution in [0.2, 0.25) is 0 Å². The van der Waals surface area contributed by atoms with Crippen molar-refractivity contribution in [3.8, 4) is 0 Å². The molecule has 0 amide bonds. The van der Waals surface area contributed by atoms with Gasteiger partial charge < -0.3 is 10.2 Å². The van der Waals surface area contributed by atoms with E-state index >= 15 is 0 Å². The summed E-state index contributed by atoms with van der Waals surface area (Å²) >= 11 is 0. The highest BCUT2D eigenvalue weighted by Crippen LogP contribution is 2.13. The van der Waals surface area contributed by atoms with Crippen LogP contribution >= 0.6 is 0 Å². The van der Waals surface area contributed by atoms with Crippen molar-refractivity contribution in [2.75, 3.05) is 20.1 Å². The van der Waals surface area contributed by atoms with Crippen molar-refractivity contribution in [2.24, 2.45) is 0 Å². The van der Waals surface area contributed by atoms with Crippen LogP contribution in [0.4, 0.5) is 0 Å². The quantitative estimate of drug-likeness (QED) is 0.595. The zero-order chi connectivity index (χ0) is 13.1. The zero-order valence-corrected chi connectivity index (χ0v) is 12.8. The van der Waals surface area contributed by atoms with Gasteiger partial charge in [-0.1, -0.05) is 40.5 Å². The maximum atomic E-state index is 3.74. The van der Waals surface area contributed by atoms with Gasteiger partial charge in [-0.05, 0) is 45.8 Å². The Hall–Kier alpha value is -0.0800. The Morgan fingerprint density at radius 1 is 1.00 bits per heavy atom. The minimum Gasteiger partial charge on any atom is -0.312 e. The third-order valence-electron chi connectivity index (χ3n) is 3.57. The number of nitrogens with zero attached hydrogens (tertiary/aromatic N) is 1. The Balaban J connectivity index is 4.30. The van der Waals surface area contributed by atoms with Gasteiger partial charge in [0.2, 0.25) is 0 Å². The summed E-state index contributed by atoms with van der Waals surface area (Å²) in [6, 6.07) is 1.37. The van der Waals surface area contributed by atoms with Crippen molar-refractivity contribution in [2.45, 2.75) is 78.3 Å². The number of hydrogen-bond donors (Lipinski definition) is 1. The fourth-order valence-electron chi connectivity index (χ4n) is 2.55. The van der Waals surface area contributed by atoms with Gasteiger partial charge in [0.25, 0.3) is 0 Å². The summed E-state index contributed by atoms with van der Waals surface area (Å²) in [7, 11) is 2.29. The lowest BCUT2D eigenvalue weighted by molar-refractivity contribution is 0.177. The van der Waals surface area contributed by atoms with E-state index in [0.717, 1.165) is 6.54 Å². The minimum atomic E-state index is 0.673. The summed E-state index contributed by atoms with van der Waals surface area (Å²) in [6.07, 6.45) is 7.67. The molecule has 2 unspecified atom stereocenters. The largest absolute Gasteiger partial charge is 0.312 e. The van der Waals surface area contributed by atoms with Crippen LogP contribution in [0.1, 0.15) is 66.2 Å². The van der Waals surface area contributed by atoms with E-state index in [1.54, 1.807) is 0 Å². The number of unbranched alkanes of at least 4 members (excludes halogenated alkanes) is 1. The zero-order valence-electron chi connectivity index (χ0n) is 12.8. The van der Waals surface area contributed by atoms with Crippen LogP contribution < -0.4 is 5.32 Å². The molecule has 0 saturated heterocycles. The van der Waals surface area contributed by atoms with E-state index in [1.165, 1.54) is 45.1 Å². The fourth-order valence-corrected chi connectivity index (χ4v) is 2.55.